The molecule has 0 aliphatic carbocycles. The maximum Gasteiger partial charge on any atom is 0.247 e. The summed E-state index contributed by atoms with van der Waals surface area (Å²) in [5, 5.41) is 15.3. The lowest BCUT2D eigenvalue weighted by Gasteiger charge is -1.99. The quantitative estimate of drug-likeness (QED) is 0.528. The lowest BCUT2D eigenvalue weighted by molar-refractivity contribution is -0.120. The first kappa shape index (κ1) is 18.8. The maximum atomic E-state index is 11.9. The molecule has 0 radical (unpaired) electrons. The van der Waals surface area contributed by atoms with Crippen LogP contribution in [-0.4, -0.2) is 35.0 Å². The molecule has 2 heterocycles. The molecule has 2 N–H and O–H groups in total. The van der Waals surface area contributed by atoms with Gasteiger partial charge < -0.3 is 14.8 Å². The fourth-order valence-corrected chi connectivity index (χ4v) is 3.00. The van der Waals surface area contributed by atoms with E-state index in [0.29, 0.717) is 28.1 Å². The molecule has 1 aromatic heterocycles. The zero-order valence-corrected chi connectivity index (χ0v) is 15.5. The number of aromatic nitrogens is 2. The summed E-state index contributed by atoms with van der Waals surface area (Å²) in [6.07, 6.45) is 3.75. The highest BCUT2D eigenvalue weighted by molar-refractivity contribution is 7.15. The number of nitrogens with zero attached hydrogens (tertiary/aromatic N) is 3. The molecule has 0 saturated heterocycles. The molecule has 0 bridgehead atoms. The minimum Gasteiger partial charge on any atom is -0.454 e. The molecule has 2 amide bonds. The number of ether oxygens (including phenoxy) is 2. The van der Waals surface area contributed by atoms with Gasteiger partial charge in [0.15, 0.2) is 11.5 Å². The van der Waals surface area contributed by atoms with Crippen LogP contribution < -0.4 is 20.2 Å². The largest absolute Gasteiger partial charge is 0.454 e. The average Bonchev–Trinajstić information content (AvgIpc) is 3.28. The first-order valence-corrected chi connectivity index (χ1v) is 9.29. The van der Waals surface area contributed by atoms with Crippen LogP contribution in [0, 0.1) is 0 Å². The Balaban J connectivity index is 1.46. The van der Waals surface area contributed by atoms with Gasteiger partial charge in [-0.25, -0.2) is 5.43 Å². The van der Waals surface area contributed by atoms with Crippen LogP contribution in [0.5, 0.6) is 11.5 Å². The number of amides is 2. The van der Waals surface area contributed by atoms with Crippen LogP contribution in [0.1, 0.15) is 36.8 Å². The van der Waals surface area contributed by atoms with E-state index in [4.69, 9.17) is 9.47 Å². The number of nitrogens with one attached hydrogen (secondary N) is 2. The molecule has 0 spiro atoms. The normalized spacial score (nSPS) is 12.3. The molecule has 3 rings (SSSR count). The predicted octanol–water partition coefficient (Wildman–Crippen LogP) is 2.09. The highest BCUT2D eigenvalue weighted by Crippen LogP contribution is 2.31. The SMILES string of the molecule is CCCCC(=O)Nc1nnc(CC(=O)N/N=C\c2ccc3c(c2)OCO3)s1. The molecule has 2 aromatic rings. The molecule has 1 aromatic carbocycles. The average molecular weight is 389 g/mol. The molecule has 142 valence electrons. The summed E-state index contributed by atoms with van der Waals surface area (Å²) in [6, 6.07) is 5.36. The lowest BCUT2D eigenvalue weighted by atomic mass is 10.2. The zero-order valence-electron chi connectivity index (χ0n) is 14.7. The van der Waals surface area contributed by atoms with E-state index in [-0.39, 0.29) is 25.0 Å². The van der Waals surface area contributed by atoms with Gasteiger partial charge in [0, 0.05) is 6.42 Å². The number of rotatable bonds is 8. The summed E-state index contributed by atoms with van der Waals surface area (Å²) in [5.41, 5.74) is 3.21. The Labute approximate surface area is 159 Å². The standard InChI is InChI=1S/C17H19N5O4S/c1-2-3-4-14(23)19-17-22-21-16(27-17)8-15(24)20-18-9-11-5-6-12-13(7-11)26-10-25-12/h5-7,9H,2-4,8,10H2,1H3,(H,20,24)(H,19,22,23)/b18-9-. The van der Waals surface area contributed by atoms with Crippen molar-refractivity contribution in [3.8, 4) is 11.5 Å². The molecular formula is C17H19N5O4S. The maximum absolute atomic E-state index is 11.9. The van der Waals surface area contributed by atoms with Gasteiger partial charge in [-0.05, 0) is 30.2 Å². The highest BCUT2D eigenvalue weighted by atomic mass is 32.1. The van der Waals surface area contributed by atoms with Gasteiger partial charge in [-0.2, -0.15) is 5.10 Å². The number of benzene rings is 1. The number of hydrogen-bond acceptors (Lipinski definition) is 8. The third-order valence-electron chi connectivity index (χ3n) is 3.58. The van der Waals surface area contributed by atoms with Crippen molar-refractivity contribution in [3.05, 3.63) is 28.8 Å². The van der Waals surface area contributed by atoms with E-state index in [9.17, 15) is 9.59 Å². The van der Waals surface area contributed by atoms with Crippen LogP contribution in [0.3, 0.4) is 0 Å². The molecular weight excluding hydrogens is 370 g/mol. The van der Waals surface area contributed by atoms with Gasteiger partial charge in [0.25, 0.3) is 0 Å². The highest BCUT2D eigenvalue weighted by Gasteiger charge is 2.13. The Hall–Kier alpha value is -3.01. The van der Waals surface area contributed by atoms with E-state index in [2.05, 4.69) is 26.0 Å². The molecule has 10 heteroatoms. The van der Waals surface area contributed by atoms with Gasteiger partial charge in [-0.1, -0.05) is 24.7 Å². The Kier molecular flexibility index (Phi) is 6.31. The Morgan fingerprint density at radius 3 is 2.96 bits per heavy atom. The number of carbonyl (C=O) groups excluding carboxylic acids is 2. The van der Waals surface area contributed by atoms with Crippen molar-refractivity contribution < 1.29 is 19.1 Å². The van der Waals surface area contributed by atoms with Gasteiger partial charge in [0.1, 0.15) is 5.01 Å². The summed E-state index contributed by atoms with van der Waals surface area (Å²) in [6.45, 7) is 2.22. The summed E-state index contributed by atoms with van der Waals surface area (Å²) < 4.78 is 10.5. The van der Waals surface area contributed by atoms with E-state index < -0.39 is 0 Å². The fraction of sp³-hybridized carbons (Fsp3) is 0.353. The predicted molar refractivity (Wildman–Crippen MR) is 100 cm³/mol. The van der Waals surface area contributed by atoms with E-state index in [1.54, 1.807) is 18.2 Å². The van der Waals surface area contributed by atoms with E-state index in [0.717, 1.165) is 18.4 Å². The molecule has 1 aliphatic rings. The third-order valence-corrected chi connectivity index (χ3v) is 4.42. The number of unbranched alkanes of at least 4 members (excludes halogenated alkanes) is 1. The van der Waals surface area contributed by atoms with Crippen molar-refractivity contribution in [2.45, 2.75) is 32.6 Å². The number of hydrazone groups is 1. The Morgan fingerprint density at radius 1 is 1.26 bits per heavy atom. The summed E-state index contributed by atoms with van der Waals surface area (Å²) in [7, 11) is 0. The first-order chi connectivity index (χ1) is 13.1. The van der Waals surface area contributed by atoms with E-state index >= 15 is 0 Å². The van der Waals surface area contributed by atoms with Crippen molar-refractivity contribution in [2.24, 2.45) is 5.10 Å². The Bertz CT molecular complexity index is 852. The summed E-state index contributed by atoms with van der Waals surface area (Å²) >= 11 is 1.17. The third kappa shape index (κ3) is 5.48. The van der Waals surface area contributed by atoms with Gasteiger partial charge >= 0.3 is 0 Å². The van der Waals surface area contributed by atoms with Crippen LogP contribution in [0.15, 0.2) is 23.3 Å². The molecule has 0 atom stereocenters. The summed E-state index contributed by atoms with van der Waals surface area (Å²) in [5.74, 6) is 0.905. The van der Waals surface area contributed by atoms with Crippen LogP contribution >= 0.6 is 11.3 Å². The van der Waals surface area contributed by atoms with Crippen LogP contribution in [0.4, 0.5) is 5.13 Å². The second kappa shape index (κ2) is 9.08. The van der Waals surface area contributed by atoms with Crippen LogP contribution in [0.25, 0.3) is 0 Å². The Morgan fingerprint density at radius 2 is 2.11 bits per heavy atom. The number of hydrogen-bond donors (Lipinski definition) is 2. The van der Waals surface area contributed by atoms with Gasteiger partial charge in [0.05, 0.1) is 12.6 Å². The second-order valence-corrected chi connectivity index (χ2v) is 6.80. The fourth-order valence-electron chi connectivity index (χ4n) is 2.24. The van der Waals surface area contributed by atoms with Gasteiger partial charge in [0.2, 0.25) is 23.7 Å². The van der Waals surface area contributed by atoms with Crippen molar-refractivity contribution in [1.82, 2.24) is 15.6 Å². The lowest BCUT2D eigenvalue weighted by Crippen LogP contribution is -2.19. The number of carbonyl (C=O) groups is 2. The van der Waals surface area contributed by atoms with Crippen molar-refractivity contribution in [2.75, 3.05) is 12.1 Å². The van der Waals surface area contributed by atoms with E-state index in [1.165, 1.54) is 17.6 Å². The smallest absolute Gasteiger partial charge is 0.247 e. The van der Waals surface area contributed by atoms with Crippen molar-refractivity contribution in [1.29, 1.82) is 0 Å². The molecule has 0 fully saturated rings. The van der Waals surface area contributed by atoms with Gasteiger partial charge in [-0.3, -0.25) is 9.59 Å². The topological polar surface area (TPSA) is 115 Å². The van der Waals surface area contributed by atoms with Crippen LogP contribution in [-0.2, 0) is 16.0 Å². The van der Waals surface area contributed by atoms with Crippen molar-refractivity contribution in [3.63, 3.8) is 0 Å². The number of fused-ring (bicyclic) bond motifs is 1. The zero-order chi connectivity index (χ0) is 19.1. The monoisotopic (exact) mass is 389 g/mol. The molecule has 9 nitrogen and oxygen atoms in total. The van der Waals surface area contributed by atoms with Crippen LogP contribution in [0.2, 0.25) is 0 Å². The second-order valence-electron chi connectivity index (χ2n) is 5.74. The first-order valence-electron chi connectivity index (χ1n) is 8.48. The molecule has 0 saturated carbocycles. The summed E-state index contributed by atoms with van der Waals surface area (Å²) in [4.78, 5) is 23.6. The minimum atomic E-state index is -0.327. The van der Waals surface area contributed by atoms with Gasteiger partial charge in [-0.15, -0.1) is 10.2 Å². The minimum absolute atomic E-state index is 0.0287. The number of anilines is 1. The van der Waals surface area contributed by atoms with Crippen molar-refractivity contribution >= 4 is 34.5 Å². The molecule has 0 unspecified atom stereocenters. The van der Waals surface area contributed by atoms with E-state index in [1.807, 2.05) is 6.92 Å². The molecule has 27 heavy (non-hydrogen) atoms. The molecule has 1 aliphatic heterocycles.